The molecular formula is C56H99N8O10P. The first-order valence-electron chi connectivity index (χ1n) is 29.7. The Morgan fingerprint density at radius 1 is 0.893 bits per heavy atom. The number of H-pyrrole nitrogens is 1. The molecule has 2 unspecified atom stereocenters. The number of hydrogen-bond donors (Lipinski definition) is 7. The lowest BCUT2D eigenvalue weighted by Gasteiger charge is -2.63. The third-order valence-electron chi connectivity index (χ3n) is 19.1. The second-order valence-corrected chi connectivity index (χ2v) is 25.9. The van der Waals surface area contributed by atoms with Gasteiger partial charge in [0.2, 0.25) is 5.91 Å². The van der Waals surface area contributed by atoms with E-state index < -0.39 is 49.6 Å². The maximum absolute atomic E-state index is 14.2. The maximum atomic E-state index is 14.2. The molecule has 2 heterocycles. The number of amides is 1. The smallest absolute Gasteiger partial charge is 0.393 e. The van der Waals surface area contributed by atoms with Gasteiger partial charge in [0, 0.05) is 55.7 Å². The number of aryl methyl sites for hydroxylation is 1. The van der Waals surface area contributed by atoms with Crippen molar-refractivity contribution in [2.24, 2.45) is 51.5 Å². The SMILES string of the molecule is CCCCCCCCCCCCCCCCCCOP(=O)(NCCNCCNC(=O)CCC(C)[C@H]1CC[C@H]2[C@@H]3[C@H](O)C[C@@H]4C[C@H](O)CC[C@]4(C)[C@H]3C[C@H](O)[C@]12C)OC[C@H]1O[C@@H](n2cc(C)c(=O)[nH]c2=O)C[C@@H]1N=[N+]=[N-]. The minimum absolute atomic E-state index is 0.0248. The molecule has 428 valence electrons. The first-order valence-corrected chi connectivity index (χ1v) is 31.3. The fraction of sp³-hybridized carbons (Fsp3) is 0.911. The number of nitrogens with one attached hydrogen (secondary N) is 4. The van der Waals surface area contributed by atoms with Gasteiger partial charge in [0.25, 0.3) is 5.56 Å². The molecule has 7 N–H and O–H groups in total. The molecule has 5 fully saturated rings. The van der Waals surface area contributed by atoms with Crippen LogP contribution in [0.1, 0.15) is 206 Å². The third kappa shape index (κ3) is 16.7. The average molecular weight is 1080 g/mol. The summed E-state index contributed by atoms with van der Waals surface area (Å²) in [5.41, 5.74) is 8.21. The molecule has 0 aromatic carbocycles. The minimum Gasteiger partial charge on any atom is -0.393 e. The number of hydrogen-bond acceptors (Lipinski definition) is 12. The van der Waals surface area contributed by atoms with Crippen molar-refractivity contribution in [3.05, 3.63) is 43.0 Å². The zero-order chi connectivity index (χ0) is 54.0. The van der Waals surface area contributed by atoms with Crippen LogP contribution in [0.3, 0.4) is 0 Å². The summed E-state index contributed by atoms with van der Waals surface area (Å²) in [6, 6.07) is -0.735. The number of nitrogens with zero attached hydrogens (tertiary/aromatic N) is 4. The summed E-state index contributed by atoms with van der Waals surface area (Å²) < 4.78 is 33.5. The maximum Gasteiger partial charge on any atom is 0.405 e. The molecule has 1 aromatic rings. The van der Waals surface area contributed by atoms with E-state index in [1.54, 1.807) is 6.92 Å². The van der Waals surface area contributed by atoms with Crippen LogP contribution in [-0.4, -0.2) is 101 Å². The van der Waals surface area contributed by atoms with Gasteiger partial charge in [-0.3, -0.25) is 28.2 Å². The molecule has 5 aliphatic rings. The van der Waals surface area contributed by atoms with Gasteiger partial charge in [-0.25, -0.2) is 14.4 Å². The van der Waals surface area contributed by atoms with Gasteiger partial charge in [-0.1, -0.05) is 129 Å². The second kappa shape index (κ2) is 30.1. The van der Waals surface area contributed by atoms with Crippen LogP contribution < -0.4 is 27.0 Å². The van der Waals surface area contributed by atoms with Crippen LogP contribution in [0.4, 0.5) is 0 Å². The minimum atomic E-state index is -3.89. The highest BCUT2D eigenvalue weighted by Crippen LogP contribution is 2.68. The van der Waals surface area contributed by atoms with Gasteiger partial charge in [0.05, 0.1) is 43.7 Å². The number of aromatic nitrogens is 2. The van der Waals surface area contributed by atoms with Crippen molar-refractivity contribution in [3.8, 4) is 0 Å². The number of ether oxygens (including phenoxy) is 1. The van der Waals surface area contributed by atoms with E-state index in [4.69, 9.17) is 13.8 Å². The van der Waals surface area contributed by atoms with Crippen molar-refractivity contribution >= 4 is 13.7 Å². The van der Waals surface area contributed by atoms with E-state index in [1.807, 2.05) is 0 Å². The van der Waals surface area contributed by atoms with E-state index in [9.17, 15) is 39.8 Å². The molecule has 0 radical (unpaired) electrons. The summed E-state index contributed by atoms with van der Waals surface area (Å²) in [5.74, 6) is 1.40. The van der Waals surface area contributed by atoms with E-state index in [2.05, 4.69) is 58.4 Å². The molecule has 1 aliphatic heterocycles. The zero-order valence-electron chi connectivity index (χ0n) is 46.6. The first-order chi connectivity index (χ1) is 36.0. The fourth-order valence-electron chi connectivity index (χ4n) is 14.6. The van der Waals surface area contributed by atoms with Crippen LogP contribution in [0.15, 0.2) is 20.9 Å². The number of carbonyl (C=O) groups excluding carboxylic acids is 1. The van der Waals surface area contributed by atoms with Gasteiger partial charge in [0.1, 0.15) is 6.23 Å². The number of unbranched alkanes of at least 4 members (excludes halogenated alkanes) is 15. The van der Waals surface area contributed by atoms with Gasteiger partial charge in [-0.05, 0) is 117 Å². The quantitative estimate of drug-likeness (QED) is 0.0112. The molecular weight excluding hydrogens is 976 g/mol. The number of azide groups is 1. The predicted octanol–water partition coefficient (Wildman–Crippen LogP) is 9.89. The highest BCUT2D eigenvalue weighted by Gasteiger charge is 2.65. The summed E-state index contributed by atoms with van der Waals surface area (Å²) in [5, 5.41) is 47.3. The lowest BCUT2D eigenvalue weighted by atomic mass is 9.43. The molecule has 1 amide bonds. The van der Waals surface area contributed by atoms with Crippen LogP contribution in [0.2, 0.25) is 0 Å². The van der Waals surface area contributed by atoms with E-state index in [-0.39, 0.29) is 84.5 Å². The Bertz CT molecular complexity index is 2120. The number of carbonyl (C=O) groups is 1. The topological polar surface area (TPSA) is 262 Å². The predicted molar refractivity (Wildman–Crippen MR) is 293 cm³/mol. The van der Waals surface area contributed by atoms with E-state index in [0.717, 1.165) is 57.8 Å². The Morgan fingerprint density at radius 2 is 1.55 bits per heavy atom. The number of aromatic amines is 1. The molecule has 15 atom stereocenters. The lowest BCUT2D eigenvalue weighted by molar-refractivity contribution is -0.207. The Morgan fingerprint density at radius 3 is 2.21 bits per heavy atom. The van der Waals surface area contributed by atoms with Crippen LogP contribution in [0, 0.1) is 53.3 Å². The second-order valence-electron chi connectivity index (χ2n) is 24.1. The number of fused-ring (bicyclic) bond motifs is 5. The van der Waals surface area contributed by atoms with Gasteiger partial charge < -0.3 is 30.7 Å². The van der Waals surface area contributed by atoms with Gasteiger partial charge in [0.15, 0.2) is 0 Å². The Kier molecular flexibility index (Phi) is 24.7. The Balaban J connectivity index is 0.904. The average Bonchev–Trinajstić information content (AvgIpc) is 3.96. The monoisotopic (exact) mass is 1070 g/mol. The van der Waals surface area contributed by atoms with Crippen molar-refractivity contribution in [3.63, 3.8) is 0 Å². The van der Waals surface area contributed by atoms with E-state index in [1.165, 1.54) is 87.8 Å². The molecule has 18 nitrogen and oxygen atoms in total. The molecule has 19 heteroatoms. The zero-order valence-corrected chi connectivity index (χ0v) is 47.5. The highest BCUT2D eigenvalue weighted by molar-refractivity contribution is 7.51. The number of aliphatic hydroxyl groups is 3. The molecule has 75 heavy (non-hydrogen) atoms. The van der Waals surface area contributed by atoms with Gasteiger partial charge in [-0.2, -0.15) is 0 Å². The first kappa shape index (κ1) is 61.6. The highest BCUT2D eigenvalue weighted by atomic mass is 31.2. The molecule has 0 spiro atoms. The summed E-state index contributed by atoms with van der Waals surface area (Å²) in [6.45, 7) is 12.2. The van der Waals surface area contributed by atoms with E-state index >= 15 is 0 Å². The summed E-state index contributed by atoms with van der Waals surface area (Å²) in [4.78, 5) is 43.1. The van der Waals surface area contributed by atoms with Crippen LogP contribution in [0.25, 0.3) is 10.4 Å². The molecule has 6 rings (SSSR count). The van der Waals surface area contributed by atoms with Crippen molar-refractivity contribution in [2.75, 3.05) is 39.4 Å². The van der Waals surface area contributed by atoms with Gasteiger partial charge >= 0.3 is 13.4 Å². The third-order valence-corrected chi connectivity index (χ3v) is 20.7. The van der Waals surface area contributed by atoms with Crippen molar-refractivity contribution in [1.82, 2.24) is 25.3 Å². The normalized spacial score (nSPS) is 32.5. The largest absolute Gasteiger partial charge is 0.405 e. The molecule has 1 saturated heterocycles. The molecule has 1 aromatic heterocycles. The Hall–Kier alpha value is -2.63. The number of aliphatic hydroxyl groups excluding tert-OH is 3. The van der Waals surface area contributed by atoms with Crippen LogP contribution in [0.5, 0.6) is 0 Å². The number of rotatable bonds is 34. The summed E-state index contributed by atoms with van der Waals surface area (Å²) in [7, 11) is -3.89. The van der Waals surface area contributed by atoms with Crippen LogP contribution >= 0.6 is 7.75 Å². The molecule has 4 aliphatic carbocycles. The standard InChI is InChI=1S/C56H99N8O10P/c1-6-7-8-9-10-11-12-13-14-15-16-17-18-19-20-21-32-72-75(71,73-38-48-46(62-63-57)36-51(74-48)64-37-40(3)53(69)61-54(64)70)60-31-29-58-28-30-59-50(68)25-22-39(2)43-23-24-44-52-45(35-49(67)56(43,44)5)55(4)27-26-42(65)33-41(55)34-47(52)66/h37,39,41-49,51-52,58,65-67H,6-36,38H2,1-5H3,(H,59,68)(H,60,71)(H,61,69,70)/t39?,41-,42+,43+,44-,45-,46-,47+,48+,49-,51+,52-,55-,56+,75?/m0/s1. The lowest BCUT2D eigenvalue weighted by Crippen LogP contribution is -2.62. The Labute approximate surface area is 448 Å². The fourth-order valence-corrected chi connectivity index (χ4v) is 16.0. The summed E-state index contributed by atoms with van der Waals surface area (Å²) in [6.07, 6.45) is 25.5. The van der Waals surface area contributed by atoms with Crippen molar-refractivity contribution < 1.29 is 38.5 Å². The van der Waals surface area contributed by atoms with Crippen molar-refractivity contribution in [1.29, 1.82) is 0 Å². The van der Waals surface area contributed by atoms with Crippen LogP contribution in [-0.2, 0) is 23.1 Å². The molecule has 4 saturated carbocycles. The van der Waals surface area contributed by atoms with Gasteiger partial charge in [-0.15, -0.1) is 0 Å². The molecule has 0 bridgehead atoms. The van der Waals surface area contributed by atoms with E-state index in [0.29, 0.717) is 50.9 Å². The summed E-state index contributed by atoms with van der Waals surface area (Å²) >= 11 is 0. The van der Waals surface area contributed by atoms with Crippen molar-refractivity contribution in [2.45, 2.75) is 238 Å².